The van der Waals surface area contributed by atoms with E-state index >= 15 is 0 Å². The number of aliphatic hydroxyl groups excluding tert-OH is 1. The molecule has 0 fully saturated rings. The second-order valence-corrected chi connectivity index (χ2v) is 17.3. The first-order valence-corrected chi connectivity index (χ1v) is 22.9. The summed E-state index contributed by atoms with van der Waals surface area (Å²) in [6, 6.07) is 26.5. The van der Waals surface area contributed by atoms with E-state index in [9.17, 15) is 9.90 Å². The predicted molar refractivity (Wildman–Crippen MR) is 261 cm³/mol. The topological polar surface area (TPSA) is 170 Å². The fourth-order valence-electron chi connectivity index (χ4n) is 7.46. The van der Waals surface area contributed by atoms with Crippen LogP contribution >= 0.6 is 0 Å². The molecule has 0 bridgehead atoms. The highest BCUT2D eigenvalue weighted by atomic mass is 16.6. The van der Waals surface area contributed by atoms with Crippen molar-refractivity contribution in [3.63, 3.8) is 0 Å². The zero-order chi connectivity index (χ0) is 49.5. The van der Waals surface area contributed by atoms with E-state index in [-0.39, 0.29) is 38.4 Å². The molecule has 1 unspecified atom stereocenters. The molecule has 0 aliphatic heterocycles. The molecule has 0 aliphatic rings. The molecule has 2 heterocycles. The fraction of sp³-hybridized carbons (Fsp3) is 0.423. The summed E-state index contributed by atoms with van der Waals surface area (Å²) in [5.74, 6) is 3.76. The van der Waals surface area contributed by atoms with Crippen molar-refractivity contribution >= 4 is 17.6 Å². The van der Waals surface area contributed by atoms with Crippen molar-refractivity contribution in [2.75, 3.05) is 67.3 Å². The van der Waals surface area contributed by atoms with Gasteiger partial charge in [0.25, 0.3) is 0 Å². The largest absolute Gasteiger partial charge is 0.497 e. The SMILES string of the molecule is CCC[C@H](CCOCc1ccccc1)Oc1nc(N(Cc2ccc(OC)cc2OC)Cc2ccc(OC)cc2OC)c2ncc(C(O)c3cc(OC)cc(OCCN(C)C(=O)OC(C)(C)C)c3)n2n1. The Morgan fingerprint density at radius 2 is 1.41 bits per heavy atom. The van der Waals surface area contributed by atoms with Crippen LogP contribution < -0.4 is 38.1 Å². The van der Waals surface area contributed by atoms with Crippen LogP contribution in [0.4, 0.5) is 10.6 Å². The standard InChI is InChI=1S/C52H66N6O11/c1-11-15-39(22-24-66-34-35-16-13-12-14-17-35)68-50-54-49(57(32-36-18-20-40(61-6)29-45(36)64-9)33-37-19-21-41(62-7)30-46(37)65-10)48-53-31-44(58(48)55-50)47(59)38-26-42(63-8)28-43(27-38)67-25-23-56(5)51(60)69-52(2,3)4/h12-14,16-21,26-31,39,47,59H,11,15,22-25,32-34H2,1-10H3/t39-,47?/m1/s1. The maximum absolute atomic E-state index is 12.6. The van der Waals surface area contributed by atoms with Gasteiger partial charge in [0.15, 0.2) is 11.5 Å². The molecule has 0 radical (unpaired) electrons. The van der Waals surface area contributed by atoms with Gasteiger partial charge < -0.3 is 57.5 Å². The fourth-order valence-corrected chi connectivity index (χ4v) is 7.46. The Hall–Kier alpha value is -6.98. The normalized spacial score (nSPS) is 12.2. The Bertz CT molecular complexity index is 2530. The minimum Gasteiger partial charge on any atom is -0.497 e. The number of fused-ring (bicyclic) bond motifs is 1. The number of nitrogens with zero attached hydrogens (tertiary/aromatic N) is 6. The van der Waals surface area contributed by atoms with Crippen LogP contribution in [0.3, 0.4) is 0 Å². The van der Waals surface area contributed by atoms with Crippen molar-refractivity contribution in [1.29, 1.82) is 0 Å². The molecule has 370 valence electrons. The van der Waals surface area contributed by atoms with Gasteiger partial charge in [0.05, 0.1) is 67.2 Å². The number of carbonyl (C=O) groups excluding carboxylic acids is 1. The molecule has 0 spiro atoms. The van der Waals surface area contributed by atoms with E-state index in [1.54, 1.807) is 64.4 Å². The molecule has 0 saturated heterocycles. The number of anilines is 1. The van der Waals surface area contributed by atoms with Crippen molar-refractivity contribution in [3.8, 4) is 40.5 Å². The lowest BCUT2D eigenvalue weighted by Gasteiger charge is -2.27. The highest BCUT2D eigenvalue weighted by molar-refractivity contribution is 5.68. The maximum Gasteiger partial charge on any atom is 0.410 e. The average Bonchev–Trinajstić information content (AvgIpc) is 3.78. The van der Waals surface area contributed by atoms with Gasteiger partial charge in [0, 0.05) is 55.9 Å². The minimum atomic E-state index is -1.29. The smallest absolute Gasteiger partial charge is 0.410 e. The number of hydrogen-bond acceptors (Lipinski definition) is 15. The Kier molecular flexibility index (Phi) is 18.1. The highest BCUT2D eigenvalue weighted by Gasteiger charge is 2.27. The molecule has 17 nitrogen and oxygen atoms in total. The number of benzene rings is 4. The zero-order valence-electron chi connectivity index (χ0n) is 41.4. The molecule has 1 N–H and O–H groups in total. The molecule has 2 aromatic heterocycles. The number of hydrogen-bond donors (Lipinski definition) is 1. The number of amides is 1. The average molecular weight is 951 g/mol. The Balaban J connectivity index is 1.42. The van der Waals surface area contributed by atoms with Crippen LogP contribution in [0.2, 0.25) is 0 Å². The molecule has 0 saturated carbocycles. The lowest BCUT2D eigenvalue weighted by Crippen LogP contribution is -2.36. The number of rotatable bonds is 25. The maximum atomic E-state index is 12.6. The third-order valence-corrected chi connectivity index (χ3v) is 11.1. The van der Waals surface area contributed by atoms with Crippen LogP contribution in [0.15, 0.2) is 91.1 Å². The summed E-state index contributed by atoms with van der Waals surface area (Å²) in [6.07, 6.45) is 1.63. The summed E-state index contributed by atoms with van der Waals surface area (Å²) >= 11 is 0. The molecule has 6 aromatic rings. The van der Waals surface area contributed by atoms with Crippen molar-refractivity contribution < 1.29 is 52.5 Å². The number of methoxy groups -OCH3 is 5. The Morgan fingerprint density at radius 3 is 2.00 bits per heavy atom. The predicted octanol–water partition coefficient (Wildman–Crippen LogP) is 8.86. The van der Waals surface area contributed by atoms with Gasteiger partial charge in [0.2, 0.25) is 0 Å². The summed E-state index contributed by atoms with van der Waals surface area (Å²) in [7, 11) is 9.61. The lowest BCUT2D eigenvalue weighted by molar-refractivity contribution is 0.0278. The van der Waals surface area contributed by atoms with Crippen molar-refractivity contribution in [3.05, 3.63) is 119 Å². The Morgan fingerprint density at radius 1 is 0.768 bits per heavy atom. The summed E-state index contributed by atoms with van der Waals surface area (Å²) < 4.78 is 54.4. The van der Waals surface area contributed by atoms with Crippen LogP contribution in [0, 0.1) is 0 Å². The van der Waals surface area contributed by atoms with E-state index in [0.29, 0.717) is 83.3 Å². The van der Waals surface area contributed by atoms with Gasteiger partial charge >= 0.3 is 12.1 Å². The third kappa shape index (κ3) is 14.0. The third-order valence-electron chi connectivity index (χ3n) is 11.1. The lowest BCUT2D eigenvalue weighted by atomic mass is 10.1. The first kappa shape index (κ1) is 51.4. The monoisotopic (exact) mass is 950 g/mol. The van der Waals surface area contributed by atoms with Crippen molar-refractivity contribution in [2.45, 2.75) is 84.5 Å². The molecule has 6 rings (SSSR count). The van der Waals surface area contributed by atoms with E-state index in [4.69, 9.17) is 57.7 Å². The van der Waals surface area contributed by atoms with Gasteiger partial charge in [-0.25, -0.2) is 14.3 Å². The van der Waals surface area contributed by atoms with Crippen molar-refractivity contribution in [1.82, 2.24) is 24.5 Å². The number of imidazole rings is 1. The van der Waals surface area contributed by atoms with E-state index in [0.717, 1.165) is 23.1 Å². The Labute approximate surface area is 404 Å². The summed E-state index contributed by atoms with van der Waals surface area (Å²) in [5.41, 5.74) is 3.22. The summed E-state index contributed by atoms with van der Waals surface area (Å²) in [5, 5.41) is 17.2. The van der Waals surface area contributed by atoms with E-state index in [2.05, 4.69) is 6.92 Å². The van der Waals surface area contributed by atoms with Crippen molar-refractivity contribution in [2.24, 2.45) is 0 Å². The van der Waals surface area contributed by atoms with Gasteiger partial charge in [-0.3, -0.25) is 0 Å². The molecule has 4 aromatic carbocycles. The van der Waals surface area contributed by atoms with E-state index < -0.39 is 17.8 Å². The zero-order valence-corrected chi connectivity index (χ0v) is 41.4. The molecule has 69 heavy (non-hydrogen) atoms. The number of carbonyl (C=O) groups is 1. The summed E-state index contributed by atoms with van der Waals surface area (Å²) in [4.78, 5) is 26.1. The minimum absolute atomic E-state index is 0.0719. The number of likely N-dealkylation sites (N-methyl/N-ethyl adjacent to an activating group) is 1. The number of aliphatic hydroxyl groups is 1. The highest BCUT2D eigenvalue weighted by Crippen LogP contribution is 2.36. The number of aromatic nitrogens is 4. The van der Waals surface area contributed by atoms with Crippen LogP contribution in [0.5, 0.6) is 40.5 Å². The van der Waals surface area contributed by atoms with Gasteiger partial charge in [0.1, 0.15) is 58.9 Å². The molecule has 17 heteroatoms. The second-order valence-electron chi connectivity index (χ2n) is 17.3. The summed E-state index contributed by atoms with van der Waals surface area (Å²) in [6.45, 7) is 9.41. The molecule has 1 amide bonds. The first-order valence-electron chi connectivity index (χ1n) is 22.9. The number of ether oxygens (including phenoxy) is 9. The van der Waals surface area contributed by atoms with E-state index in [1.165, 1.54) is 12.0 Å². The first-order chi connectivity index (χ1) is 33.2. The van der Waals surface area contributed by atoms with Gasteiger partial charge in [-0.15, -0.1) is 5.10 Å². The van der Waals surface area contributed by atoms with Crippen LogP contribution in [0.1, 0.15) is 81.0 Å². The molecular formula is C52H66N6O11. The van der Waals surface area contributed by atoms with Gasteiger partial charge in [-0.05, 0) is 74.7 Å². The van der Waals surface area contributed by atoms with Crippen LogP contribution in [-0.2, 0) is 29.2 Å². The van der Waals surface area contributed by atoms with Crippen LogP contribution in [-0.4, -0.2) is 110 Å². The molecule has 2 atom stereocenters. The quantitative estimate of drug-likeness (QED) is 0.0540. The molecule has 0 aliphatic carbocycles. The van der Waals surface area contributed by atoms with E-state index in [1.807, 2.05) is 92.4 Å². The van der Waals surface area contributed by atoms with Gasteiger partial charge in [-0.2, -0.15) is 4.98 Å². The second kappa shape index (κ2) is 24.3. The molecular weight excluding hydrogens is 885 g/mol. The van der Waals surface area contributed by atoms with Gasteiger partial charge in [-0.1, -0.05) is 43.7 Å². The van der Waals surface area contributed by atoms with Crippen LogP contribution in [0.25, 0.3) is 5.65 Å².